The smallest absolute Gasteiger partial charge is 0.0766 e. The zero-order chi connectivity index (χ0) is 9.97. The molecule has 2 rings (SSSR count). The van der Waals surface area contributed by atoms with Gasteiger partial charge in [-0.1, -0.05) is 76.7 Å². The molecule has 0 bridgehead atoms. The number of hydrogen-bond donors (Lipinski definition) is 0. The normalized spacial score (nSPS) is 33.9. The quantitative estimate of drug-likeness (QED) is 0.571. The van der Waals surface area contributed by atoms with Gasteiger partial charge >= 0.3 is 0 Å². The molecule has 80 valence electrons. The van der Waals surface area contributed by atoms with E-state index < -0.39 is 0 Å². The highest BCUT2D eigenvalue weighted by Crippen LogP contribution is 2.46. The minimum absolute atomic E-state index is 1.02. The Morgan fingerprint density at radius 3 is 2.21 bits per heavy atom. The predicted molar refractivity (Wildman–Crippen MR) is 65.2 cm³/mol. The van der Waals surface area contributed by atoms with E-state index in [-0.39, 0.29) is 0 Å². The topological polar surface area (TPSA) is 0 Å². The Balaban J connectivity index is 1.91. The van der Waals surface area contributed by atoms with Crippen LogP contribution in [0.2, 0.25) is 18.0 Å². The molecule has 0 nitrogen and oxygen atoms in total. The van der Waals surface area contributed by atoms with Crippen LogP contribution in [-0.4, -0.2) is 6.71 Å². The van der Waals surface area contributed by atoms with Gasteiger partial charge in [0, 0.05) is 0 Å². The van der Waals surface area contributed by atoms with Crippen LogP contribution < -0.4 is 0 Å². The first-order chi connectivity index (χ1) is 6.81. The van der Waals surface area contributed by atoms with E-state index in [1.807, 2.05) is 0 Å². The summed E-state index contributed by atoms with van der Waals surface area (Å²) in [5, 5.41) is 0. The molecule has 2 unspecified atom stereocenters. The zero-order valence-electron chi connectivity index (χ0n) is 9.97. The monoisotopic (exact) mass is 192 g/mol. The van der Waals surface area contributed by atoms with Gasteiger partial charge in [0.05, 0.1) is 0 Å². The fourth-order valence-electron chi connectivity index (χ4n) is 4.08. The molecule has 0 heterocycles. The lowest BCUT2D eigenvalue weighted by Crippen LogP contribution is -2.23. The Morgan fingerprint density at radius 2 is 1.71 bits per heavy atom. The third kappa shape index (κ3) is 2.17. The van der Waals surface area contributed by atoms with Gasteiger partial charge in [-0.3, -0.25) is 0 Å². The molecule has 2 aliphatic rings. The largest absolute Gasteiger partial charge is 0.146 e. The molecule has 0 amide bonds. The van der Waals surface area contributed by atoms with Crippen LogP contribution in [0.5, 0.6) is 0 Å². The van der Waals surface area contributed by atoms with Gasteiger partial charge in [-0.25, -0.2) is 0 Å². The summed E-state index contributed by atoms with van der Waals surface area (Å²) in [6, 6.07) is 0. The van der Waals surface area contributed by atoms with E-state index in [2.05, 4.69) is 13.8 Å². The maximum Gasteiger partial charge on any atom is 0.146 e. The van der Waals surface area contributed by atoms with Crippen LogP contribution in [-0.2, 0) is 0 Å². The standard InChI is InChI=1S/C13H25B/c1-3-14(12-6-4-5-7-12)13-9-8-11(2)10-13/h11-13H,3-10H2,1-2H3. The van der Waals surface area contributed by atoms with Gasteiger partial charge in [-0.05, 0) is 5.92 Å². The van der Waals surface area contributed by atoms with Gasteiger partial charge in [0.25, 0.3) is 0 Å². The highest BCUT2D eigenvalue weighted by Gasteiger charge is 2.36. The molecule has 2 saturated carbocycles. The van der Waals surface area contributed by atoms with Crippen LogP contribution in [0.3, 0.4) is 0 Å². The lowest BCUT2D eigenvalue weighted by atomic mass is 9.31. The molecule has 0 spiro atoms. The molecule has 0 radical (unpaired) electrons. The average Bonchev–Trinajstić information content (AvgIpc) is 2.79. The highest BCUT2D eigenvalue weighted by molar-refractivity contribution is 6.62. The van der Waals surface area contributed by atoms with Crippen molar-refractivity contribution >= 4 is 6.71 Å². The van der Waals surface area contributed by atoms with Crippen molar-refractivity contribution in [1.29, 1.82) is 0 Å². The van der Waals surface area contributed by atoms with Crippen LogP contribution >= 0.6 is 0 Å². The van der Waals surface area contributed by atoms with Crippen molar-refractivity contribution < 1.29 is 0 Å². The van der Waals surface area contributed by atoms with E-state index in [9.17, 15) is 0 Å². The van der Waals surface area contributed by atoms with Gasteiger partial charge in [0.15, 0.2) is 0 Å². The minimum Gasteiger partial charge on any atom is -0.0766 e. The molecule has 1 heteroatoms. The Hall–Kier alpha value is 0.0649. The molecule has 0 aliphatic heterocycles. The van der Waals surface area contributed by atoms with Crippen LogP contribution in [0.15, 0.2) is 0 Å². The summed E-state index contributed by atoms with van der Waals surface area (Å²) in [6.07, 6.45) is 12.2. The van der Waals surface area contributed by atoms with Gasteiger partial charge in [0.2, 0.25) is 0 Å². The number of hydrogen-bond acceptors (Lipinski definition) is 0. The fraction of sp³-hybridized carbons (Fsp3) is 1.00. The van der Waals surface area contributed by atoms with E-state index >= 15 is 0 Å². The molecule has 0 aromatic heterocycles. The fourth-order valence-corrected chi connectivity index (χ4v) is 4.08. The molecule has 0 aromatic rings. The molecule has 14 heavy (non-hydrogen) atoms. The average molecular weight is 192 g/mol. The summed E-state index contributed by atoms with van der Waals surface area (Å²) in [4.78, 5) is 0. The Kier molecular flexibility index (Phi) is 3.57. The molecule has 2 atom stereocenters. The van der Waals surface area contributed by atoms with Crippen molar-refractivity contribution in [1.82, 2.24) is 0 Å². The summed E-state index contributed by atoms with van der Waals surface area (Å²) in [6.45, 7) is 5.95. The first kappa shape index (κ1) is 10.6. The lowest BCUT2D eigenvalue weighted by molar-refractivity contribution is 0.609. The van der Waals surface area contributed by atoms with Crippen molar-refractivity contribution in [2.75, 3.05) is 0 Å². The van der Waals surface area contributed by atoms with Gasteiger partial charge < -0.3 is 0 Å². The van der Waals surface area contributed by atoms with E-state index in [0.717, 1.165) is 24.3 Å². The van der Waals surface area contributed by atoms with Crippen LogP contribution in [0.1, 0.15) is 58.8 Å². The maximum atomic E-state index is 2.45. The van der Waals surface area contributed by atoms with Gasteiger partial charge in [0.1, 0.15) is 6.71 Å². The van der Waals surface area contributed by atoms with Crippen molar-refractivity contribution in [2.24, 2.45) is 5.92 Å². The minimum atomic E-state index is 1.02. The molecule has 0 N–H and O–H groups in total. The second kappa shape index (κ2) is 4.72. The summed E-state index contributed by atoms with van der Waals surface area (Å²) in [5.41, 5.74) is 0. The second-order valence-corrected chi connectivity index (χ2v) is 5.79. The Bertz CT molecular complexity index is 172. The molecule has 2 aliphatic carbocycles. The van der Waals surface area contributed by atoms with E-state index in [1.54, 1.807) is 12.8 Å². The van der Waals surface area contributed by atoms with Crippen LogP contribution in [0, 0.1) is 5.92 Å². The van der Waals surface area contributed by atoms with E-state index in [1.165, 1.54) is 38.4 Å². The van der Waals surface area contributed by atoms with E-state index in [4.69, 9.17) is 0 Å². The van der Waals surface area contributed by atoms with Crippen molar-refractivity contribution in [2.45, 2.75) is 76.7 Å². The molecule has 0 aromatic carbocycles. The third-order valence-corrected chi connectivity index (χ3v) is 4.82. The summed E-state index contributed by atoms with van der Waals surface area (Å²) in [5.74, 6) is 3.23. The molecular weight excluding hydrogens is 167 g/mol. The van der Waals surface area contributed by atoms with E-state index in [0.29, 0.717) is 0 Å². The summed E-state index contributed by atoms with van der Waals surface area (Å²) >= 11 is 0. The summed E-state index contributed by atoms with van der Waals surface area (Å²) in [7, 11) is 0. The predicted octanol–water partition coefficient (Wildman–Crippen LogP) is 4.64. The Labute approximate surface area is 89.9 Å². The van der Waals surface area contributed by atoms with Crippen LogP contribution in [0.25, 0.3) is 0 Å². The first-order valence-corrected chi connectivity index (χ1v) is 6.81. The van der Waals surface area contributed by atoms with Gasteiger partial charge in [-0.15, -0.1) is 0 Å². The maximum absolute atomic E-state index is 2.45. The van der Waals surface area contributed by atoms with Crippen LogP contribution in [0.4, 0.5) is 0 Å². The lowest BCUT2D eigenvalue weighted by Gasteiger charge is -2.24. The summed E-state index contributed by atoms with van der Waals surface area (Å²) < 4.78 is 0. The molecular formula is C13H25B. The molecule has 0 saturated heterocycles. The van der Waals surface area contributed by atoms with Crippen molar-refractivity contribution in [3.8, 4) is 0 Å². The van der Waals surface area contributed by atoms with Gasteiger partial charge in [-0.2, -0.15) is 0 Å². The van der Waals surface area contributed by atoms with Crippen molar-refractivity contribution in [3.05, 3.63) is 0 Å². The first-order valence-electron chi connectivity index (χ1n) is 6.81. The molecule has 2 fully saturated rings. The second-order valence-electron chi connectivity index (χ2n) is 5.79. The number of rotatable bonds is 3. The SMILES string of the molecule is CCB(C1CCCC1)C1CCC(C)C1. The zero-order valence-corrected chi connectivity index (χ0v) is 9.97. The Morgan fingerprint density at radius 1 is 1.00 bits per heavy atom. The third-order valence-electron chi connectivity index (χ3n) is 4.82. The van der Waals surface area contributed by atoms with Crippen molar-refractivity contribution in [3.63, 3.8) is 0 Å². The highest BCUT2D eigenvalue weighted by atomic mass is 14.3.